The first kappa shape index (κ1) is 26.0. The highest BCUT2D eigenvalue weighted by molar-refractivity contribution is 5.99. The van der Waals surface area contributed by atoms with Crippen molar-refractivity contribution < 1.29 is 24.4 Å². The number of dihydropyridines is 1. The van der Waals surface area contributed by atoms with Crippen LogP contribution in [0, 0.1) is 10.1 Å². The Morgan fingerprint density at radius 3 is 2.55 bits per heavy atom. The summed E-state index contributed by atoms with van der Waals surface area (Å²) in [5.74, 6) is -3.00. The summed E-state index contributed by atoms with van der Waals surface area (Å²) in [5.41, 5.74) is 2.82. The quantitative estimate of drug-likeness (QED) is 0.246. The van der Waals surface area contributed by atoms with E-state index in [1.54, 1.807) is 43.1 Å². The van der Waals surface area contributed by atoms with Crippen LogP contribution < -0.4 is 5.32 Å². The lowest BCUT2D eigenvalue weighted by Gasteiger charge is -2.29. The molecule has 2 N–H and O–H groups in total. The average Bonchev–Trinajstić information content (AvgIpc) is 3.40. The minimum Gasteiger partial charge on any atom is -0.478 e. The fourth-order valence-corrected chi connectivity index (χ4v) is 4.32. The third kappa shape index (κ3) is 5.84. The normalized spacial score (nSPS) is 15.5. The van der Waals surface area contributed by atoms with Gasteiger partial charge in [0.25, 0.3) is 5.69 Å². The number of benzene rings is 2. The maximum absolute atomic E-state index is 13.2. The molecule has 1 aliphatic rings. The topological polar surface area (TPSA) is 149 Å². The highest BCUT2D eigenvalue weighted by Gasteiger charge is 2.37. The number of nitro benzene ring substituents is 1. The van der Waals surface area contributed by atoms with Crippen molar-refractivity contribution in [3.63, 3.8) is 0 Å². The number of carboxylic acids is 1. The minimum atomic E-state index is -1.24. The lowest BCUT2D eigenvalue weighted by atomic mass is 9.80. The summed E-state index contributed by atoms with van der Waals surface area (Å²) in [7, 11) is 0. The Kier molecular flexibility index (Phi) is 7.76. The molecule has 2 aromatic carbocycles. The predicted molar refractivity (Wildman–Crippen MR) is 138 cm³/mol. The van der Waals surface area contributed by atoms with E-state index in [1.165, 1.54) is 24.5 Å². The van der Waals surface area contributed by atoms with Crippen LogP contribution in [-0.4, -0.2) is 43.3 Å². The molecule has 0 aliphatic carbocycles. The maximum atomic E-state index is 13.2. The van der Waals surface area contributed by atoms with Gasteiger partial charge in [-0.05, 0) is 36.6 Å². The highest BCUT2D eigenvalue weighted by Crippen LogP contribution is 2.39. The summed E-state index contributed by atoms with van der Waals surface area (Å²) in [5, 5.41) is 28.2. The van der Waals surface area contributed by atoms with Crippen LogP contribution in [0.1, 0.15) is 36.5 Å². The van der Waals surface area contributed by atoms with Gasteiger partial charge in [-0.3, -0.25) is 10.1 Å². The first-order chi connectivity index (χ1) is 18.2. The van der Waals surface area contributed by atoms with Crippen LogP contribution in [0.3, 0.4) is 0 Å². The lowest BCUT2D eigenvalue weighted by Crippen LogP contribution is -2.31. The molecule has 1 aromatic heterocycles. The molecule has 11 heteroatoms. The van der Waals surface area contributed by atoms with Gasteiger partial charge in [0.1, 0.15) is 19.3 Å². The first-order valence-corrected chi connectivity index (χ1v) is 11.7. The number of ether oxygens (including phenoxy) is 1. The van der Waals surface area contributed by atoms with Crippen molar-refractivity contribution in [2.75, 3.05) is 6.61 Å². The zero-order chi connectivity index (χ0) is 27.2. The summed E-state index contributed by atoms with van der Waals surface area (Å²) in [6.45, 7) is 3.77. The van der Waals surface area contributed by atoms with Crippen molar-refractivity contribution >= 4 is 23.7 Å². The number of nitrogens with one attached hydrogen (secondary N) is 1. The van der Waals surface area contributed by atoms with Crippen molar-refractivity contribution in [3.8, 4) is 0 Å². The van der Waals surface area contributed by atoms with Gasteiger partial charge >= 0.3 is 11.9 Å². The van der Waals surface area contributed by atoms with E-state index in [0.717, 1.165) is 11.1 Å². The van der Waals surface area contributed by atoms with Gasteiger partial charge in [-0.2, -0.15) is 5.10 Å². The molecular formula is C27H25N5O6. The number of esters is 1. The Labute approximate surface area is 217 Å². The van der Waals surface area contributed by atoms with Gasteiger partial charge < -0.3 is 15.2 Å². The number of aliphatic carboxylic acids is 1. The van der Waals surface area contributed by atoms with Gasteiger partial charge in [0.15, 0.2) is 0 Å². The van der Waals surface area contributed by atoms with Gasteiger partial charge in [-0.1, -0.05) is 42.5 Å². The smallest absolute Gasteiger partial charge is 0.337 e. The molecule has 38 heavy (non-hydrogen) atoms. The molecular weight excluding hydrogens is 490 g/mol. The summed E-state index contributed by atoms with van der Waals surface area (Å²) in [4.78, 5) is 40.0. The van der Waals surface area contributed by atoms with Crippen LogP contribution in [0.4, 0.5) is 5.69 Å². The van der Waals surface area contributed by atoms with Gasteiger partial charge in [0.05, 0.1) is 28.5 Å². The highest BCUT2D eigenvalue weighted by atomic mass is 16.6. The third-order valence-corrected chi connectivity index (χ3v) is 6.04. The van der Waals surface area contributed by atoms with E-state index in [-0.39, 0.29) is 23.4 Å². The number of carbonyl (C=O) groups is 2. The SMILES string of the molecule is CC1=C(C(=O)O)C(c2cccc([N+](=O)[O-])c2)C(C(=O)OCC=Cc2ccc(Cn3cncn3)cc2)=C(C)N1. The van der Waals surface area contributed by atoms with E-state index in [1.807, 2.05) is 24.3 Å². The largest absolute Gasteiger partial charge is 0.478 e. The van der Waals surface area contributed by atoms with E-state index in [4.69, 9.17) is 4.74 Å². The van der Waals surface area contributed by atoms with E-state index in [2.05, 4.69) is 15.4 Å². The van der Waals surface area contributed by atoms with E-state index in [0.29, 0.717) is 23.5 Å². The van der Waals surface area contributed by atoms with Crippen molar-refractivity contribution in [2.45, 2.75) is 26.3 Å². The van der Waals surface area contributed by atoms with Crippen molar-refractivity contribution in [1.29, 1.82) is 0 Å². The summed E-state index contributed by atoms with van der Waals surface area (Å²) < 4.78 is 7.19. The van der Waals surface area contributed by atoms with Crippen LogP contribution in [0.5, 0.6) is 0 Å². The fourth-order valence-electron chi connectivity index (χ4n) is 4.32. The fraction of sp³-hybridized carbons (Fsp3) is 0.185. The summed E-state index contributed by atoms with van der Waals surface area (Å²) >= 11 is 0. The Morgan fingerprint density at radius 2 is 1.89 bits per heavy atom. The average molecular weight is 516 g/mol. The molecule has 4 rings (SSSR count). The summed E-state index contributed by atoms with van der Waals surface area (Å²) in [6.07, 6.45) is 6.60. The summed E-state index contributed by atoms with van der Waals surface area (Å²) in [6, 6.07) is 13.4. The number of carbonyl (C=O) groups excluding carboxylic acids is 1. The number of aromatic nitrogens is 3. The number of hydrogen-bond donors (Lipinski definition) is 2. The van der Waals surface area contributed by atoms with E-state index >= 15 is 0 Å². The number of nitrogens with zero attached hydrogens (tertiary/aromatic N) is 4. The Bertz CT molecular complexity index is 1460. The lowest BCUT2D eigenvalue weighted by molar-refractivity contribution is -0.384. The molecule has 0 fully saturated rings. The van der Waals surface area contributed by atoms with Crippen LogP contribution in [0.15, 0.2) is 89.8 Å². The zero-order valence-electron chi connectivity index (χ0n) is 20.7. The molecule has 3 aromatic rings. The van der Waals surface area contributed by atoms with Gasteiger partial charge in [0, 0.05) is 23.5 Å². The predicted octanol–water partition coefficient (Wildman–Crippen LogP) is 3.81. The molecule has 0 saturated carbocycles. The number of rotatable bonds is 9. The second kappa shape index (κ2) is 11.3. The van der Waals surface area contributed by atoms with Gasteiger partial charge in [-0.15, -0.1) is 0 Å². The second-order valence-electron chi connectivity index (χ2n) is 8.63. The molecule has 11 nitrogen and oxygen atoms in total. The van der Waals surface area contributed by atoms with Crippen LogP contribution in [-0.2, 0) is 20.9 Å². The number of nitro groups is 1. The maximum Gasteiger partial charge on any atom is 0.337 e. The minimum absolute atomic E-state index is 0.0525. The van der Waals surface area contributed by atoms with Gasteiger partial charge in [0.2, 0.25) is 0 Å². The molecule has 0 bridgehead atoms. The van der Waals surface area contributed by atoms with E-state index < -0.39 is 22.8 Å². The van der Waals surface area contributed by atoms with Crippen LogP contribution >= 0.6 is 0 Å². The number of hydrogen-bond acceptors (Lipinski definition) is 8. The zero-order valence-corrected chi connectivity index (χ0v) is 20.7. The second-order valence-corrected chi connectivity index (χ2v) is 8.63. The molecule has 0 saturated heterocycles. The van der Waals surface area contributed by atoms with Gasteiger partial charge in [-0.25, -0.2) is 19.3 Å². The molecule has 194 valence electrons. The number of allylic oxidation sites excluding steroid dienone is 2. The van der Waals surface area contributed by atoms with Crippen molar-refractivity contribution in [2.24, 2.45) is 0 Å². The molecule has 1 atom stereocenters. The number of non-ortho nitro benzene ring substituents is 1. The van der Waals surface area contributed by atoms with E-state index in [9.17, 15) is 24.8 Å². The molecule has 1 aliphatic heterocycles. The molecule has 0 amide bonds. The monoisotopic (exact) mass is 515 g/mol. The van der Waals surface area contributed by atoms with Crippen molar-refractivity contribution in [3.05, 3.63) is 117 Å². The first-order valence-electron chi connectivity index (χ1n) is 11.7. The Balaban J connectivity index is 1.49. The van der Waals surface area contributed by atoms with Crippen LogP contribution in [0.25, 0.3) is 6.08 Å². The Hall–Kier alpha value is -5.06. The van der Waals surface area contributed by atoms with Crippen LogP contribution in [0.2, 0.25) is 0 Å². The standard InChI is InChI=1S/C27H25N5O6/c1-17-23(26(33)34)25(21-6-3-7-22(13-21)32(36)37)24(18(2)30-17)27(35)38-12-4-5-19-8-10-20(11-9-19)14-31-16-28-15-29-31/h3-11,13,15-16,25,30H,12,14H2,1-2H3,(H,33,34). The number of carboxylic acid groups (broad SMARTS) is 1. The third-order valence-electron chi connectivity index (χ3n) is 6.04. The molecule has 0 radical (unpaired) electrons. The molecule has 0 spiro atoms. The molecule has 1 unspecified atom stereocenters. The Morgan fingerprint density at radius 1 is 1.16 bits per heavy atom. The molecule has 2 heterocycles. The van der Waals surface area contributed by atoms with Crippen molar-refractivity contribution in [1.82, 2.24) is 20.1 Å².